The molecule has 16 heavy (non-hydrogen) atoms. The normalized spacial score (nSPS) is 10.3. The van der Waals surface area contributed by atoms with Crippen LogP contribution in [0.25, 0.3) is 0 Å². The lowest BCUT2D eigenvalue weighted by Gasteiger charge is -2.05. The summed E-state index contributed by atoms with van der Waals surface area (Å²) >= 11 is 5.06. The SMILES string of the molecule is COc1ccc(Cn2c(N)n[nH]c2=S)cc1. The molecule has 0 bridgehead atoms. The molecule has 0 saturated carbocycles. The summed E-state index contributed by atoms with van der Waals surface area (Å²) in [5, 5.41) is 6.49. The molecule has 0 spiro atoms. The van der Waals surface area contributed by atoms with E-state index >= 15 is 0 Å². The molecule has 2 rings (SSSR count). The Kier molecular flexibility index (Phi) is 2.91. The quantitative estimate of drug-likeness (QED) is 0.794. The number of nitrogens with one attached hydrogen (secondary N) is 1. The Morgan fingerprint density at radius 3 is 2.62 bits per heavy atom. The highest BCUT2D eigenvalue weighted by atomic mass is 32.1. The highest BCUT2D eigenvalue weighted by Gasteiger charge is 2.02. The van der Waals surface area contributed by atoms with E-state index in [1.807, 2.05) is 24.3 Å². The van der Waals surface area contributed by atoms with Crippen LogP contribution in [0, 0.1) is 4.77 Å². The Morgan fingerprint density at radius 2 is 2.12 bits per heavy atom. The number of nitrogens with zero attached hydrogens (tertiary/aromatic N) is 2. The molecule has 6 heteroatoms. The van der Waals surface area contributed by atoms with Gasteiger partial charge < -0.3 is 10.5 Å². The molecular formula is C10H12N4OS. The Balaban J connectivity index is 2.24. The summed E-state index contributed by atoms with van der Waals surface area (Å²) in [4.78, 5) is 0. The minimum Gasteiger partial charge on any atom is -0.497 e. The van der Waals surface area contributed by atoms with Gasteiger partial charge >= 0.3 is 0 Å². The van der Waals surface area contributed by atoms with E-state index in [4.69, 9.17) is 22.7 Å². The lowest BCUT2D eigenvalue weighted by atomic mass is 10.2. The molecule has 0 amide bonds. The van der Waals surface area contributed by atoms with E-state index in [-0.39, 0.29) is 0 Å². The topological polar surface area (TPSA) is 68.9 Å². The third kappa shape index (κ3) is 2.06. The molecule has 2 aromatic rings. The first-order valence-corrected chi connectivity index (χ1v) is 5.15. The summed E-state index contributed by atoms with van der Waals surface area (Å²) in [6.07, 6.45) is 0. The van der Waals surface area contributed by atoms with Crippen LogP contribution in [0.4, 0.5) is 5.95 Å². The number of ether oxygens (including phenoxy) is 1. The summed E-state index contributed by atoms with van der Waals surface area (Å²) in [5.41, 5.74) is 6.76. The van der Waals surface area contributed by atoms with Crippen molar-refractivity contribution in [2.45, 2.75) is 6.54 Å². The van der Waals surface area contributed by atoms with Gasteiger partial charge in [-0.25, -0.2) is 5.10 Å². The molecule has 0 fully saturated rings. The van der Waals surface area contributed by atoms with Gasteiger partial charge in [0.25, 0.3) is 0 Å². The number of methoxy groups -OCH3 is 1. The second-order valence-corrected chi connectivity index (χ2v) is 3.71. The fourth-order valence-electron chi connectivity index (χ4n) is 1.40. The summed E-state index contributed by atoms with van der Waals surface area (Å²) in [7, 11) is 1.64. The van der Waals surface area contributed by atoms with Gasteiger partial charge in [0.15, 0.2) is 4.77 Å². The van der Waals surface area contributed by atoms with Gasteiger partial charge in [0, 0.05) is 0 Å². The second kappa shape index (κ2) is 4.36. The largest absolute Gasteiger partial charge is 0.497 e. The number of hydrogen-bond donors (Lipinski definition) is 2. The smallest absolute Gasteiger partial charge is 0.220 e. The van der Waals surface area contributed by atoms with Crippen LogP contribution in [0.2, 0.25) is 0 Å². The van der Waals surface area contributed by atoms with E-state index in [1.165, 1.54) is 0 Å². The van der Waals surface area contributed by atoms with E-state index < -0.39 is 0 Å². The lowest BCUT2D eigenvalue weighted by Crippen LogP contribution is -2.04. The predicted octanol–water partition coefficient (Wildman–Crippen LogP) is 1.58. The van der Waals surface area contributed by atoms with Crippen molar-refractivity contribution in [1.82, 2.24) is 14.8 Å². The first-order valence-electron chi connectivity index (χ1n) is 4.74. The Hall–Kier alpha value is -1.82. The highest BCUT2D eigenvalue weighted by molar-refractivity contribution is 7.71. The van der Waals surface area contributed by atoms with Gasteiger partial charge in [-0.05, 0) is 29.9 Å². The van der Waals surface area contributed by atoms with Crippen LogP contribution >= 0.6 is 12.2 Å². The average Bonchev–Trinajstić information content (AvgIpc) is 2.62. The minimum atomic E-state index is 0.390. The molecule has 0 radical (unpaired) electrons. The van der Waals surface area contributed by atoms with E-state index in [0.717, 1.165) is 11.3 Å². The standard InChI is InChI=1S/C10H12N4OS/c1-15-8-4-2-7(3-5-8)6-14-9(11)12-13-10(14)16/h2-5H,6H2,1H3,(H2,11,12)(H,13,16). The molecule has 0 atom stereocenters. The van der Waals surface area contributed by atoms with Crippen molar-refractivity contribution >= 4 is 18.2 Å². The molecule has 0 saturated heterocycles. The summed E-state index contributed by atoms with van der Waals surface area (Å²) < 4.78 is 7.34. The predicted molar refractivity (Wildman–Crippen MR) is 63.9 cm³/mol. The first-order chi connectivity index (χ1) is 7.70. The second-order valence-electron chi connectivity index (χ2n) is 3.32. The van der Waals surface area contributed by atoms with Crippen molar-refractivity contribution in [1.29, 1.82) is 0 Å². The summed E-state index contributed by atoms with van der Waals surface area (Å²) in [5.74, 6) is 1.22. The van der Waals surface area contributed by atoms with E-state index in [9.17, 15) is 0 Å². The maximum Gasteiger partial charge on any atom is 0.220 e. The van der Waals surface area contributed by atoms with E-state index in [0.29, 0.717) is 17.3 Å². The molecule has 1 aromatic carbocycles. The van der Waals surface area contributed by atoms with Gasteiger partial charge in [0.2, 0.25) is 5.95 Å². The van der Waals surface area contributed by atoms with Gasteiger partial charge in [-0.1, -0.05) is 12.1 Å². The maximum atomic E-state index is 5.67. The molecular weight excluding hydrogens is 224 g/mol. The number of nitrogen functional groups attached to an aromatic ring is 1. The zero-order chi connectivity index (χ0) is 11.5. The van der Waals surface area contributed by atoms with Crippen molar-refractivity contribution in [3.05, 3.63) is 34.6 Å². The minimum absolute atomic E-state index is 0.390. The van der Waals surface area contributed by atoms with Gasteiger partial charge in [0.1, 0.15) is 5.75 Å². The van der Waals surface area contributed by atoms with Crippen LogP contribution in [0.15, 0.2) is 24.3 Å². The molecule has 1 aromatic heterocycles. The molecule has 0 aliphatic heterocycles. The molecule has 3 N–H and O–H groups in total. The number of aromatic nitrogens is 3. The highest BCUT2D eigenvalue weighted by Crippen LogP contribution is 2.13. The lowest BCUT2D eigenvalue weighted by molar-refractivity contribution is 0.414. The first kappa shape index (κ1) is 10.7. The zero-order valence-corrected chi connectivity index (χ0v) is 9.62. The monoisotopic (exact) mass is 236 g/mol. The van der Waals surface area contributed by atoms with E-state index in [1.54, 1.807) is 11.7 Å². The molecule has 84 valence electrons. The number of anilines is 1. The van der Waals surface area contributed by atoms with Crippen molar-refractivity contribution in [3.63, 3.8) is 0 Å². The number of nitrogens with two attached hydrogens (primary N) is 1. The molecule has 0 unspecified atom stereocenters. The van der Waals surface area contributed by atoms with Crippen molar-refractivity contribution in [2.75, 3.05) is 12.8 Å². The molecule has 5 nitrogen and oxygen atoms in total. The van der Waals surface area contributed by atoms with Crippen LogP contribution in [0.5, 0.6) is 5.75 Å². The number of aromatic amines is 1. The van der Waals surface area contributed by atoms with Gasteiger partial charge in [-0.3, -0.25) is 4.57 Å². The third-order valence-electron chi connectivity index (χ3n) is 2.29. The maximum absolute atomic E-state index is 5.67. The van der Waals surface area contributed by atoms with Crippen LogP contribution in [-0.2, 0) is 6.54 Å². The van der Waals surface area contributed by atoms with Crippen LogP contribution in [-0.4, -0.2) is 21.9 Å². The zero-order valence-electron chi connectivity index (χ0n) is 8.80. The average molecular weight is 236 g/mol. The Bertz CT molecular complexity index is 528. The molecule has 0 aliphatic carbocycles. The van der Waals surface area contributed by atoms with Crippen LogP contribution in [0.1, 0.15) is 5.56 Å². The Labute approximate surface area is 97.9 Å². The third-order valence-corrected chi connectivity index (χ3v) is 2.60. The number of H-pyrrole nitrogens is 1. The fraction of sp³-hybridized carbons (Fsp3) is 0.200. The van der Waals surface area contributed by atoms with Crippen molar-refractivity contribution < 1.29 is 4.74 Å². The van der Waals surface area contributed by atoms with Crippen molar-refractivity contribution in [2.24, 2.45) is 0 Å². The number of rotatable bonds is 3. The Morgan fingerprint density at radius 1 is 1.44 bits per heavy atom. The molecule has 0 aliphatic rings. The summed E-state index contributed by atoms with van der Waals surface area (Å²) in [6.45, 7) is 0.602. The number of hydrogen-bond acceptors (Lipinski definition) is 4. The van der Waals surface area contributed by atoms with Gasteiger partial charge in [-0.15, -0.1) is 5.10 Å². The molecule has 1 heterocycles. The van der Waals surface area contributed by atoms with Crippen LogP contribution < -0.4 is 10.5 Å². The van der Waals surface area contributed by atoms with Gasteiger partial charge in [-0.2, -0.15) is 0 Å². The number of benzene rings is 1. The van der Waals surface area contributed by atoms with Crippen molar-refractivity contribution in [3.8, 4) is 5.75 Å². The summed E-state index contributed by atoms with van der Waals surface area (Å²) in [6, 6.07) is 7.73. The van der Waals surface area contributed by atoms with E-state index in [2.05, 4.69) is 10.2 Å². The van der Waals surface area contributed by atoms with Gasteiger partial charge in [0.05, 0.1) is 13.7 Å². The van der Waals surface area contributed by atoms with Crippen LogP contribution in [0.3, 0.4) is 0 Å². The fourth-order valence-corrected chi connectivity index (χ4v) is 1.60.